The molecule has 0 aromatic carbocycles. The molecule has 1 saturated heterocycles. The summed E-state index contributed by atoms with van der Waals surface area (Å²) in [7, 11) is 1.74. The molecule has 0 spiro atoms. The highest BCUT2D eigenvalue weighted by atomic mass is 16.5. The van der Waals surface area contributed by atoms with Crippen LogP contribution in [0.4, 0.5) is 5.95 Å². The maximum absolute atomic E-state index is 6.01. The lowest BCUT2D eigenvalue weighted by Crippen LogP contribution is -2.46. The number of rotatable bonds is 5. The number of aryl methyl sites for hydroxylation is 1. The molecule has 0 bridgehead atoms. The van der Waals surface area contributed by atoms with Crippen LogP contribution in [0, 0.1) is 0 Å². The Balaban J connectivity index is 2.01. The van der Waals surface area contributed by atoms with E-state index >= 15 is 0 Å². The quantitative estimate of drug-likeness (QED) is 0.801. The Morgan fingerprint density at radius 3 is 3.11 bits per heavy atom. The van der Waals surface area contributed by atoms with Crippen molar-refractivity contribution in [1.82, 2.24) is 9.55 Å². The molecule has 2 N–H and O–H groups in total. The van der Waals surface area contributed by atoms with Crippen LogP contribution in [0.5, 0.6) is 0 Å². The maximum Gasteiger partial charge on any atom is 0.205 e. The number of ether oxygens (including phenoxy) is 1. The highest BCUT2D eigenvalue weighted by Crippen LogP contribution is 2.22. The van der Waals surface area contributed by atoms with E-state index in [0.29, 0.717) is 12.1 Å². The molecule has 1 aromatic heterocycles. The number of methoxy groups -OCH3 is 1. The fourth-order valence-electron chi connectivity index (χ4n) is 2.62. The minimum atomic E-state index is 0.341. The third kappa shape index (κ3) is 3.03. The zero-order chi connectivity index (χ0) is 13.0. The monoisotopic (exact) mass is 252 g/mol. The first kappa shape index (κ1) is 13.4. The summed E-state index contributed by atoms with van der Waals surface area (Å²) in [4.78, 5) is 6.87. The first-order chi connectivity index (χ1) is 8.72. The fourth-order valence-corrected chi connectivity index (χ4v) is 2.62. The van der Waals surface area contributed by atoms with Crippen LogP contribution in [-0.4, -0.2) is 41.9 Å². The third-order valence-electron chi connectivity index (χ3n) is 3.61. The van der Waals surface area contributed by atoms with Crippen molar-refractivity contribution in [1.29, 1.82) is 0 Å². The largest absolute Gasteiger partial charge is 0.385 e. The highest BCUT2D eigenvalue weighted by Gasteiger charge is 2.25. The highest BCUT2D eigenvalue weighted by molar-refractivity contribution is 5.34. The topological polar surface area (TPSA) is 56.3 Å². The van der Waals surface area contributed by atoms with Crippen LogP contribution in [-0.2, 0) is 11.3 Å². The molecule has 2 unspecified atom stereocenters. The molecule has 1 aromatic rings. The van der Waals surface area contributed by atoms with Gasteiger partial charge in [-0.2, -0.15) is 0 Å². The summed E-state index contributed by atoms with van der Waals surface area (Å²) in [6.45, 7) is 4.98. The average molecular weight is 252 g/mol. The van der Waals surface area contributed by atoms with Gasteiger partial charge in [-0.05, 0) is 26.2 Å². The number of imidazole rings is 1. The number of hydrogen-bond acceptors (Lipinski definition) is 4. The molecule has 0 amide bonds. The summed E-state index contributed by atoms with van der Waals surface area (Å²) in [5.41, 5.74) is 6.01. The Hall–Kier alpha value is -1.07. The van der Waals surface area contributed by atoms with Crippen LogP contribution < -0.4 is 10.6 Å². The van der Waals surface area contributed by atoms with Crippen molar-refractivity contribution in [2.45, 2.75) is 44.8 Å². The first-order valence-electron chi connectivity index (χ1n) is 6.74. The van der Waals surface area contributed by atoms with E-state index in [0.717, 1.165) is 44.9 Å². The minimum Gasteiger partial charge on any atom is -0.385 e. The summed E-state index contributed by atoms with van der Waals surface area (Å²) in [6.07, 6.45) is 7.04. The van der Waals surface area contributed by atoms with Crippen LogP contribution in [0.15, 0.2) is 12.4 Å². The Morgan fingerprint density at radius 1 is 1.56 bits per heavy atom. The fraction of sp³-hybridized carbons (Fsp3) is 0.769. The van der Waals surface area contributed by atoms with Crippen molar-refractivity contribution in [3.05, 3.63) is 12.4 Å². The Bertz CT molecular complexity index is 366. The van der Waals surface area contributed by atoms with Crippen LogP contribution >= 0.6 is 0 Å². The van der Waals surface area contributed by atoms with E-state index in [1.54, 1.807) is 7.11 Å². The standard InChI is InChI=1S/C13H24N4O/c1-11-10-12(14)4-7-17(11)13-15-5-8-16(13)6-3-9-18-2/h5,8,11-12H,3-4,6-7,9-10,14H2,1-2H3. The zero-order valence-corrected chi connectivity index (χ0v) is 11.4. The predicted octanol–water partition coefficient (Wildman–Crippen LogP) is 1.24. The van der Waals surface area contributed by atoms with Gasteiger partial charge in [-0.15, -0.1) is 0 Å². The predicted molar refractivity (Wildman–Crippen MR) is 72.7 cm³/mol. The van der Waals surface area contributed by atoms with Gasteiger partial charge < -0.3 is 19.9 Å². The van der Waals surface area contributed by atoms with E-state index in [2.05, 4.69) is 21.4 Å². The molecule has 5 heteroatoms. The van der Waals surface area contributed by atoms with Gasteiger partial charge in [-0.3, -0.25) is 0 Å². The number of anilines is 1. The zero-order valence-electron chi connectivity index (χ0n) is 11.4. The summed E-state index contributed by atoms with van der Waals surface area (Å²) >= 11 is 0. The smallest absolute Gasteiger partial charge is 0.205 e. The van der Waals surface area contributed by atoms with Crippen molar-refractivity contribution in [3.8, 4) is 0 Å². The second kappa shape index (κ2) is 6.20. The van der Waals surface area contributed by atoms with Gasteiger partial charge >= 0.3 is 0 Å². The van der Waals surface area contributed by atoms with E-state index in [-0.39, 0.29) is 0 Å². The molecular weight excluding hydrogens is 228 g/mol. The van der Waals surface area contributed by atoms with Gasteiger partial charge in [0.2, 0.25) is 5.95 Å². The molecule has 5 nitrogen and oxygen atoms in total. The molecule has 1 fully saturated rings. The van der Waals surface area contributed by atoms with Gasteiger partial charge in [-0.1, -0.05) is 0 Å². The lowest BCUT2D eigenvalue weighted by atomic mass is 10.00. The van der Waals surface area contributed by atoms with E-state index < -0.39 is 0 Å². The van der Waals surface area contributed by atoms with Gasteiger partial charge in [-0.25, -0.2) is 4.98 Å². The van der Waals surface area contributed by atoms with Gasteiger partial charge in [0.15, 0.2) is 0 Å². The summed E-state index contributed by atoms with van der Waals surface area (Å²) < 4.78 is 7.31. The number of aromatic nitrogens is 2. The van der Waals surface area contributed by atoms with Gasteiger partial charge in [0.1, 0.15) is 0 Å². The molecule has 18 heavy (non-hydrogen) atoms. The molecule has 0 saturated carbocycles. The first-order valence-corrected chi connectivity index (χ1v) is 6.74. The molecule has 0 aliphatic carbocycles. The van der Waals surface area contributed by atoms with Crippen molar-refractivity contribution in [3.63, 3.8) is 0 Å². The molecule has 2 atom stereocenters. The molecular formula is C13H24N4O. The van der Waals surface area contributed by atoms with Crippen LogP contribution in [0.1, 0.15) is 26.2 Å². The normalized spacial score (nSPS) is 24.5. The summed E-state index contributed by atoms with van der Waals surface area (Å²) in [5, 5.41) is 0. The van der Waals surface area contributed by atoms with Crippen LogP contribution in [0.2, 0.25) is 0 Å². The summed E-state index contributed by atoms with van der Waals surface area (Å²) in [5.74, 6) is 1.07. The van der Waals surface area contributed by atoms with E-state index in [9.17, 15) is 0 Å². The minimum absolute atomic E-state index is 0.341. The number of nitrogens with two attached hydrogens (primary N) is 1. The Labute approximate surface area is 109 Å². The van der Waals surface area contributed by atoms with Gasteiger partial charge in [0.25, 0.3) is 0 Å². The van der Waals surface area contributed by atoms with Gasteiger partial charge in [0, 0.05) is 51.3 Å². The van der Waals surface area contributed by atoms with Crippen molar-refractivity contribution in [2.75, 3.05) is 25.2 Å². The van der Waals surface area contributed by atoms with E-state index in [1.165, 1.54) is 0 Å². The summed E-state index contributed by atoms with van der Waals surface area (Å²) in [6, 6.07) is 0.811. The lowest BCUT2D eigenvalue weighted by Gasteiger charge is -2.37. The average Bonchev–Trinajstić information content (AvgIpc) is 2.78. The number of piperidine rings is 1. The molecule has 102 valence electrons. The molecule has 2 rings (SSSR count). The maximum atomic E-state index is 6.01. The second-order valence-corrected chi connectivity index (χ2v) is 5.09. The van der Waals surface area contributed by atoms with E-state index in [4.69, 9.17) is 10.5 Å². The van der Waals surface area contributed by atoms with Crippen molar-refractivity contribution < 1.29 is 4.74 Å². The van der Waals surface area contributed by atoms with Crippen molar-refractivity contribution in [2.24, 2.45) is 5.73 Å². The number of hydrogen-bond donors (Lipinski definition) is 1. The Morgan fingerprint density at radius 2 is 2.39 bits per heavy atom. The van der Waals surface area contributed by atoms with Crippen molar-refractivity contribution >= 4 is 5.95 Å². The molecule has 2 heterocycles. The van der Waals surface area contributed by atoms with Crippen LogP contribution in [0.3, 0.4) is 0 Å². The molecule has 1 aliphatic heterocycles. The lowest BCUT2D eigenvalue weighted by molar-refractivity contribution is 0.190. The van der Waals surface area contributed by atoms with E-state index in [1.807, 2.05) is 12.4 Å². The third-order valence-corrected chi connectivity index (χ3v) is 3.61. The van der Waals surface area contributed by atoms with Crippen LogP contribution in [0.25, 0.3) is 0 Å². The Kier molecular flexibility index (Phi) is 4.60. The molecule has 0 radical (unpaired) electrons. The number of nitrogens with zero attached hydrogens (tertiary/aromatic N) is 3. The SMILES string of the molecule is COCCCn1ccnc1N1CCC(N)CC1C. The van der Waals surface area contributed by atoms with Gasteiger partial charge in [0.05, 0.1) is 0 Å². The second-order valence-electron chi connectivity index (χ2n) is 5.09. The molecule has 1 aliphatic rings.